The second-order valence-electron chi connectivity index (χ2n) is 8.29. The maximum atomic E-state index is 13.8. The van der Waals surface area contributed by atoms with Gasteiger partial charge in [0.25, 0.3) is 11.8 Å². The molecule has 4 aromatic rings. The Morgan fingerprint density at radius 1 is 1.06 bits per heavy atom. The van der Waals surface area contributed by atoms with Gasteiger partial charge in [-0.3, -0.25) is 9.59 Å². The van der Waals surface area contributed by atoms with Crippen LogP contribution in [0.25, 0.3) is 11.3 Å². The Morgan fingerprint density at radius 3 is 2.66 bits per heavy atom. The lowest BCUT2D eigenvalue weighted by Gasteiger charge is -2.23. The molecule has 2 amide bonds. The summed E-state index contributed by atoms with van der Waals surface area (Å²) in [6, 6.07) is 16.8. The Balaban J connectivity index is 1.42. The lowest BCUT2D eigenvalue weighted by molar-refractivity contribution is 0.0986. The van der Waals surface area contributed by atoms with Gasteiger partial charge in [-0.2, -0.15) is 0 Å². The molecular weight excluding hydrogens is 485 g/mol. The first-order valence-electron chi connectivity index (χ1n) is 11.1. The number of amides is 2. The SMILES string of the molecule is Cc1nc2c(s1)CCN(C(=O)c1ccc(NC(=O)c3cccc(F)c3C)cc1Cl)c1ccccc1-2. The summed E-state index contributed by atoms with van der Waals surface area (Å²) in [5, 5.41) is 3.95. The third-order valence-electron chi connectivity index (χ3n) is 6.03. The number of carbonyl (C=O) groups is 2. The average Bonchev–Trinajstić information content (AvgIpc) is 3.14. The Hall–Kier alpha value is -3.55. The number of thiazole rings is 1. The fourth-order valence-electron chi connectivity index (χ4n) is 4.27. The largest absolute Gasteiger partial charge is 0.322 e. The predicted molar refractivity (Wildman–Crippen MR) is 138 cm³/mol. The van der Waals surface area contributed by atoms with E-state index in [1.807, 2.05) is 31.2 Å². The molecule has 0 saturated heterocycles. The van der Waals surface area contributed by atoms with Gasteiger partial charge in [0.15, 0.2) is 0 Å². The molecule has 1 aromatic heterocycles. The number of halogens is 2. The van der Waals surface area contributed by atoms with Crippen molar-refractivity contribution in [2.75, 3.05) is 16.8 Å². The highest BCUT2D eigenvalue weighted by Crippen LogP contribution is 2.39. The normalized spacial score (nSPS) is 12.5. The van der Waals surface area contributed by atoms with Gasteiger partial charge in [-0.25, -0.2) is 9.37 Å². The van der Waals surface area contributed by atoms with Crippen LogP contribution >= 0.6 is 22.9 Å². The summed E-state index contributed by atoms with van der Waals surface area (Å²) in [5.74, 6) is -1.13. The molecule has 0 bridgehead atoms. The van der Waals surface area contributed by atoms with Crippen LogP contribution in [0.1, 0.15) is 36.2 Å². The number of fused-ring (bicyclic) bond motifs is 3. The van der Waals surface area contributed by atoms with Crippen molar-refractivity contribution < 1.29 is 14.0 Å². The number of nitrogens with one attached hydrogen (secondary N) is 1. The Labute approximate surface area is 211 Å². The van der Waals surface area contributed by atoms with E-state index in [0.717, 1.165) is 26.8 Å². The van der Waals surface area contributed by atoms with E-state index < -0.39 is 11.7 Å². The number of aryl methyl sites for hydroxylation is 1. The number of benzene rings is 3. The number of para-hydroxylation sites is 1. The highest BCUT2D eigenvalue weighted by Gasteiger charge is 2.28. The van der Waals surface area contributed by atoms with Gasteiger partial charge in [0.2, 0.25) is 0 Å². The fraction of sp³-hybridized carbons (Fsp3) is 0.148. The molecule has 0 fully saturated rings. The minimum Gasteiger partial charge on any atom is -0.322 e. The second-order valence-corrected chi connectivity index (χ2v) is 9.98. The van der Waals surface area contributed by atoms with Gasteiger partial charge in [-0.05, 0) is 55.8 Å². The molecule has 0 radical (unpaired) electrons. The van der Waals surface area contributed by atoms with Gasteiger partial charge < -0.3 is 10.2 Å². The monoisotopic (exact) mass is 505 g/mol. The van der Waals surface area contributed by atoms with E-state index in [4.69, 9.17) is 16.6 Å². The lowest BCUT2D eigenvalue weighted by atomic mass is 10.1. The molecule has 0 aliphatic carbocycles. The van der Waals surface area contributed by atoms with Crippen LogP contribution in [0.4, 0.5) is 15.8 Å². The summed E-state index contributed by atoms with van der Waals surface area (Å²) in [6.07, 6.45) is 0.694. The summed E-state index contributed by atoms with van der Waals surface area (Å²) in [6.45, 7) is 4.03. The maximum Gasteiger partial charge on any atom is 0.259 e. The van der Waals surface area contributed by atoms with E-state index in [1.165, 1.54) is 18.2 Å². The summed E-state index contributed by atoms with van der Waals surface area (Å²) in [7, 11) is 0. The maximum absolute atomic E-state index is 13.8. The lowest BCUT2D eigenvalue weighted by Crippen LogP contribution is -2.32. The molecular formula is C27H21ClFN3O2S. The van der Waals surface area contributed by atoms with Crippen molar-refractivity contribution >= 4 is 46.1 Å². The van der Waals surface area contributed by atoms with Crippen LogP contribution < -0.4 is 10.2 Å². The number of carbonyl (C=O) groups excluding carboxylic acids is 2. The van der Waals surface area contributed by atoms with Crippen LogP contribution in [-0.4, -0.2) is 23.3 Å². The van der Waals surface area contributed by atoms with Crippen LogP contribution in [-0.2, 0) is 6.42 Å². The molecule has 3 aromatic carbocycles. The minimum absolute atomic E-state index is 0.217. The Kier molecular flexibility index (Phi) is 6.13. The molecule has 2 heterocycles. The number of anilines is 2. The second kappa shape index (κ2) is 9.24. The van der Waals surface area contributed by atoms with E-state index in [2.05, 4.69) is 5.32 Å². The van der Waals surface area contributed by atoms with Crippen LogP contribution in [0.2, 0.25) is 5.02 Å². The van der Waals surface area contributed by atoms with Crippen LogP contribution in [0, 0.1) is 19.7 Å². The predicted octanol–water partition coefficient (Wildman–Crippen LogP) is 6.67. The van der Waals surface area contributed by atoms with E-state index in [-0.39, 0.29) is 22.1 Å². The molecule has 0 spiro atoms. The minimum atomic E-state index is -0.451. The molecule has 5 rings (SSSR count). The molecule has 8 heteroatoms. The van der Waals surface area contributed by atoms with Crippen molar-refractivity contribution in [3.63, 3.8) is 0 Å². The third kappa shape index (κ3) is 4.33. The van der Waals surface area contributed by atoms with Crippen molar-refractivity contribution in [3.8, 4) is 11.3 Å². The zero-order chi connectivity index (χ0) is 24.7. The van der Waals surface area contributed by atoms with E-state index >= 15 is 0 Å². The number of nitrogens with zero attached hydrogens (tertiary/aromatic N) is 2. The van der Waals surface area contributed by atoms with Crippen LogP contribution in [0.15, 0.2) is 60.7 Å². The molecule has 1 aliphatic rings. The van der Waals surface area contributed by atoms with Crippen molar-refractivity contribution in [1.29, 1.82) is 0 Å². The standard InChI is InChI=1S/C27H21ClFN3O2S/c1-15-18(7-5-8-22(15)29)26(33)31-17-10-11-19(21(28)14-17)27(34)32-13-12-24-25(30-16(2)35-24)20-6-3-4-9-23(20)32/h3-11,14H,12-13H2,1-2H3,(H,31,33). The average molecular weight is 506 g/mol. The first-order chi connectivity index (χ1) is 16.8. The summed E-state index contributed by atoms with van der Waals surface area (Å²) < 4.78 is 13.8. The first kappa shape index (κ1) is 23.2. The quantitative estimate of drug-likeness (QED) is 0.338. The molecule has 1 N–H and O–H groups in total. The fourth-order valence-corrected chi connectivity index (χ4v) is 5.47. The van der Waals surface area contributed by atoms with Gasteiger partial charge in [0.1, 0.15) is 5.82 Å². The number of aromatic nitrogens is 1. The third-order valence-corrected chi connectivity index (χ3v) is 7.37. The highest BCUT2D eigenvalue weighted by atomic mass is 35.5. The van der Waals surface area contributed by atoms with E-state index in [9.17, 15) is 14.0 Å². The number of hydrogen-bond acceptors (Lipinski definition) is 4. The van der Waals surface area contributed by atoms with Gasteiger partial charge in [0, 0.05) is 34.7 Å². The number of rotatable bonds is 3. The van der Waals surface area contributed by atoms with Gasteiger partial charge >= 0.3 is 0 Å². The van der Waals surface area contributed by atoms with E-state index in [0.29, 0.717) is 24.2 Å². The topological polar surface area (TPSA) is 62.3 Å². The molecule has 0 saturated carbocycles. The highest BCUT2D eigenvalue weighted by molar-refractivity contribution is 7.12. The van der Waals surface area contributed by atoms with Crippen LogP contribution in [0.3, 0.4) is 0 Å². The van der Waals surface area contributed by atoms with Crippen molar-refractivity contribution in [2.24, 2.45) is 0 Å². The molecule has 1 aliphatic heterocycles. The van der Waals surface area contributed by atoms with Crippen molar-refractivity contribution in [1.82, 2.24) is 4.98 Å². The smallest absolute Gasteiger partial charge is 0.259 e. The van der Waals surface area contributed by atoms with Gasteiger partial charge in [-0.15, -0.1) is 11.3 Å². The van der Waals surface area contributed by atoms with Crippen molar-refractivity contribution in [3.05, 3.63) is 98.1 Å². The Morgan fingerprint density at radius 2 is 1.86 bits per heavy atom. The zero-order valence-corrected chi connectivity index (χ0v) is 20.6. The Bertz CT molecular complexity index is 1480. The zero-order valence-electron chi connectivity index (χ0n) is 19.1. The van der Waals surface area contributed by atoms with Gasteiger partial charge in [0.05, 0.1) is 27.0 Å². The summed E-state index contributed by atoms with van der Waals surface area (Å²) in [4.78, 5) is 33.8. The summed E-state index contributed by atoms with van der Waals surface area (Å²) >= 11 is 8.17. The first-order valence-corrected chi connectivity index (χ1v) is 12.3. The molecule has 0 atom stereocenters. The van der Waals surface area contributed by atoms with Gasteiger partial charge in [-0.1, -0.05) is 35.9 Å². The molecule has 5 nitrogen and oxygen atoms in total. The molecule has 0 unspecified atom stereocenters. The van der Waals surface area contributed by atoms with Crippen LogP contribution in [0.5, 0.6) is 0 Å². The molecule has 35 heavy (non-hydrogen) atoms. The van der Waals surface area contributed by atoms with Crippen molar-refractivity contribution in [2.45, 2.75) is 20.3 Å². The summed E-state index contributed by atoms with van der Waals surface area (Å²) in [5.41, 5.74) is 3.88. The molecule has 176 valence electrons. The van der Waals surface area contributed by atoms with E-state index in [1.54, 1.807) is 41.4 Å². The number of hydrogen-bond donors (Lipinski definition) is 1.